The highest BCUT2D eigenvalue weighted by molar-refractivity contribution is 6.06. The van der Waals surface area contributed by atoms with E-state index in [1.54, 1.807) is 31.7 Å². The fraction of sp³-hybridized carbons (Fsp3) is 0.526. The van der Waals surface area contributed by atoms with Crippen LogP contribution in [0.3, 0.4) is 0 Å². The van der Waals surface area contributed by atoms with Crippen LogP contribution >= 0.6 is 0 Å². The second-order valence-electron chi connectivity index (χ2n) is 7.98. The second kappa shape index (κ2) is 6.83. The summed E-state index contributed by atoms with van der Waals surface area (Å²) >= 11 is 0. The zero-order chi connectivity index (χ0) is 19.8. The summed E-state index contributed by atoms with van der Waals surface area (Å²) in [5.74, 6) is -1.05. The number of carbonyl (C=O) groups is 1. The molecular formula is C19H26FN5O2. The van der Waals surface area contributed by atoms with Gasteiger partial charge in [-0.15, -0.1) is 0 Å². The van der Waals surface area contributed by atoms with Crippen LogP contribution in [0.15, 0.2) is 28.2 Å². The Kier molecular flexibility index (Phi) is 4.84. The minimum atomic E-state index is -0.728. The summed E-state index contributed by atoms with van der Waals surface area (Å²) in [7, 11) is 0. The molecular weight excluding hydrogens is 349 g/mol. The van der Waals surface area contributed by atoms with E-state index < -0.39 is 23.1 Å². The predicted molar refractivity (Wildman–Crippen MR) is 103 cm³/mol. The van der Waals surface area contributed by atoms with Crippen LogP contribution < -0.4 is 16.4 Å². The summed E-state index contributed by atoms with van der Waals surface area (Å²) in [6, 6.07) is 4.25. The summed E-state index contributed by atoms with van der Waals surface area (Å²) in [4.78, 5) is 22.9. The van der Waals surface area contributed by atoms with Crippen molar-refractivity contribution in [1.29, 1.82) is 0 Å². The average molecular weight is 375 g/mol. The maximum absolute atomic E-state index is 14.3. The van der Waals surface area contributed by atoms with Gasteiger partial charge in [-0.2, -0.15) is 4.99 Å². The Hall–Kier alpha value is -2.64. The standard InChI is InChI=1S/C19H26FN5O2/c1-18(2,3)27-15(26)13-11-12(7-8-14(13)20)25-17(22)23-16(21)24-19(25)9-5-4-6-10-19/h7-8,11H,4-6,9-10H2,1-3H3,(H4,21,22,23,24). The average Bonchev–Trinajstić information content (AvgIpc) is 2.54. The first kappa shape index (κ1) is 19.1. The molecule has 0 radical (unpaired) electrons. The van der Waals surface area contributed by atoms with Crippen molar-refractivity contribution in [2.75, 3.05) is 4.90 Å². The maximum atomic E-state index is 14.3. The molecule has 1 aromatic rings. The second-order valence-corrected chi connectivity index (χ2v) is 7.98. The van der Waals surface area contributed by atoms with Crippen LogP contribution in [0, 0.1) is 5.82 Å². The van der Waals surface area contributed by atoms with Gasteiger partial charge in [0.05, 0.1) is 5.56 Å². The summed E-state index contributed by atoms with van der Waals surface area (Å²) in [5, 5.41) is 0. The molecule has 0 unspecified atom stereocenters. The van der Waals surface area contributed by atoms with Crippen molar-refractivity contribution in [3.05, 3.63) is 29.6 Å². The van der Waals surface area contributed by atoms with E-state index in [0.29, 0.717) is 5.69 Å². The molecule has 1 heterocycles. The summed E-state index contributed by atoms with van der Waals surface area (Å²) in [6.07, 6.45) is 4.56. The molecule has 1 fully saturated rings. The maximum Gasteiger partial charge on any atom is 0.341 e. The topological polar surface area (TPSA) is 106 Å². The molecule has 0 saturated heterocycles. The molecule has 1 aliphatic carbocycles. The molecule has 0 amide bonds. The van der Waals surface area contributed by atoms with Crippen LogP contribution in [-0.4, -0.2) is 29.2 Å². The van der Waals surface area contributed by atoms with Gasteiger partial charge in [-0.05, 0) is 64.7 Å². The molecule has 7 nitrogen and oxygen atoms in total. The van der Waals surface area contributed by atoms with Gasteiger partial charge in [-0.25, -0.2) is 14.2 Å². The Balaban J connectivity index is 2.03. The van der Waals surface area contributed by atoms with Crippen molar-refractivity contribution in [1.82, 2.24) is 0 Å². The Morgan fingerprint density at radius 3 is 2.52 bits per heavy atom. The molecule has 1 spiro atoms. The monoisotopic (exact) mass is 375 g/mol. The lowest BCUT2D eigenvalue weighted by Gasteiger charge is -2.45. The van der Waals surface area contributed by atoms with Gasteiger partial charge in [0.2, 0.25) is 11.9 Å². The molecule has 4 N–H and O–H groups in total. The third-order valence-corrected chi connectivity index (χ3v) is 4.68. The minimum absolute atomic E-state index is 0.139. The first-order chi connectivity index (χ1) is 12.6. The van der Waals surface area contributed by atoms with E-state index in [-0.39, 0.29) is 17.5 Å². The van der Waals surface area contributed by atoms with E-state index in [2.05, 4.69) is 9.98 Å². The number of rotatable bonds is 2. The first-order valence-electron chi connectivity index (χ1n) is 9.14. The first-order valence-corrected chi connectivity index (χ1v) is 9.14. The summed E-state index contributed by atoms with van der Waals surface area (Å²) < 4.78 is 19.6. The van der Waals surface area contributed by atoms with Crippen LogP contribution in [-0.2, 0) is 4.74 Å². The van der Waals surface area contributed by atoms with E-state index in [0.717, 1.165) is 32.1 Å². The highest BCUT2D eigenvalue weighted by Gasteiger charge is 2.42. The minimum Gasteiger partial charge on any atom is -0.456 e. The molecule has 2 aliphatic rings. The van der Waals surface area contributed by atoms with Gasteiger partial charge in [-0.1, -0.05) is 6.42 Å². The molecule has 3 rings (SSSR count). The van der Waals surface area contributed by atoms with Crippen molar-refractivity contribution >= 4 is 23.6 Å². The quantitative estimate of drug-likeness (QED) is 0.773. The van der Waals surface area contributed by atoms with Crippen molar-refractivity contribution in [3.63, 3.8) is 0 Å². The third-order valence-electron chi connectivity index (χ3n) is 4.68. The van der Waals surface area contributed by atoms with Gasteiger partial charge >= 0.3 is 5.97 Å². The molecule has 1 aliphatic heterocycles. The molecule has 27 heavy (non-hydrogen) atoms. The normalized spacial score (nSPS) is 19.5. The van der Waals surface area contributed by atoms with Gasteiger partial charge in [0.15, 0.2) is 0 Å². The van der Waals surface area contributed by atoms with E-state index >= 15 is 0 Å². The molecule has 146 valence electrons. The van der Waals surface area contributed by atoms with Gasteiger partial charge in [-0.3, -0.25) is 4.90 Å². The van der Waals surface area contributed by atoms with Crippen molar-refractivity contribution < 1.29 is 13.9 Å². The number of benzene rings is 1. The van der Waals surface area contributed by atoms with E-state index in [9.17, 15) is 9.18 Å². The lowest BCUT2D eigenvalue weighted by Crippen LogP contribution is -2.58. The van der Waals surface area contributed by atoms with E-state index in [1.165, 1.54) is 12.1 Å². The smallest absolute Gasteiger partial charge is 0.341 e. The third kappa shape index (κ3) is 3.89. The van der Waals surface area contributed by atoms with Crippen molar-refractivity contribution in [2.45, 2.75) is 64.1 Å². The fourth-order valence-electron chi connectivity index (χ4n) is 3.64. The Morgan fingerprint density at radius 2 is 1.89 bits per heavy atom. The summed E-state index contributed by atoms with van der Waals surface area (Å²) in [5.41, 5.74) is 11.0. The molecule has 0 aromatic heterocycles. The van der Waals surface area contributed by atoms with Gasteiger partial charge in [0.25, 0.3) is 0 Å². The number of esters is 1. The molecule has 1 aromatic carbocycles. The Labute approximate surface area is 158 Å². The van der Waals surface area contributed by atoms with Crippen LogP contribution in [0.5, 0.6) is 0 Å². The number of halogens is 1. The number of hydrogen-bond acceptors (Lipinski definition) is 7. The zero-order valence-corrected chi connectivity index (χ0v) is 16.0. The SMILES string of the molecule is CC(C)(C)OC(=O)c1cc(N2C(N)=NC(N)=NC23CCCCC3)ccc1F. The summed E-state index contributed by atoms with van der Waals surface area (Å²) in [6.45, 7) is 5.20. The number of ether oxygens (including phenoxy) is 1. The molecule has 0 atom stereocenters. The number of nitrogens with two attached hydrogens (primary N) is 2. The fourth-order valence-corrected chi connectivity index (χ4v) is 3.64. The van der Waals surface area contributed by atoms with E-state index in [1.807, 2.05) is 0 Å². The zero-order valence-electron chi connectivity index (χ0n) is 16.0. The number of aliphatic imine (C=N–C) groups is 2. The molecule has 0 bridgehead atoms. The van der Waals surface area contributed by atoms with Gasteiger partial charge < -0.3 is 16.2 Å². The largest absolute Gasteiger partial charge is 0.456 e. The number of carbonyl (C=O) groups excluding carboxylic acids is 1. The highest BCUT2D eigenvalue weighted by atomic mass is 19.1. The Bertz CT molecular complexity index is 807. The van der Waals surface area contributed by atoms with Gasteiger partial charge in [0.1, 0.15) is 17.1 Å². The van der Waals surface area contributed by atoms with Crippen LogP contribution in [0.25, 0.3) is 0 Å². The Morgan fingerprint density at radius 1 is 1.22 bits per heavy atom. The predicted octanol–water partition coefficient (Wildman–Crippen LogP) is 2.89. The molecule has 8 heteroatoms. The van der Waals surface area contributed by atoms with E-state index in [4.69, 9.17) is 16.2 Å². The number of anilines is 1. The van der Waals surface area contributed by atoms with Crippen LogP contribution in [0.1, 0.15) is 63.2 Å². The van der Waals surface area contributed by atoms with Crippen LogP contribution in [0.2, 0.25) is 0 Å². The number of guanidine groups is 2. The van der Waals surface area contributed by atoms with Crippen LogP contribution in [0.4, 0.5) is 10.1 Å². The van der Waals surface area contributed by atoms with Gasteiger partial charge in [0, 0.05) is 5.69 Å². The number of nitrogens with zero attached hydrogens (tertiary/aromatic N) is 3. The lowest BCUT2D eigenvalue weighted by molar-refractivity contribution is 0.00647. The lowest BCUT2D eigenvalue weighted by atomic mass is 9.87. The highest BCUT2D eigenvalue weighted by Crippen LogP contribution is 2.39. The van der Waals surface area contributed by atoms with Crippen molar-refractivity contribution in [2.24, 2.45) is 21.5 Å². The van der Waals surface area contributed by atoms with Crippen molar-refractivity contribution in [3.8, 4) is 0 Å². The molecule has 1 saturated carbocycles. The number of hydrogen-bond donors (Lipinski definition) is 2.